The Hall–Kier alpha value is 1.13. The van der Waals surface area contributed by atoms with Gasteiger partial charge in [0.2, 0.25) is 0 Å². The molecule has 0 heterocycles. The van der Waals surface area contributed by atoms with Crippen molar-refractivity contribution in [3.8, 4) is 0 Å². The normalized spacial score (nSPS) is 6.92. The molecule has 0 unspecified atom stereocenters. The summed E-state index contributed by atoms with van der Waals surface area (Å²) in [5.41, 5.74) is 0. The molecule has 0 aliphatic heterocycles. The maximum Gasteiger partial charge on any atom is 3.00 e. The van der Waals surface area contributed by atoms with E-state index in [4.69, 9.17) is 0 Å². The van der Waals surface area contributed by atoms with Crippen LogP contribution in [0.15, 0.2) is 0 Å². The molecule has 4 heteroatoms. The Morgan fingerprint density at radius 3 is 0.692 bits per heavy atom. The zero-order chi connectivity index (χ0) is 10.2. The van der Waals surface area contributed by atoms with Gasteiger partial charge in [0.05, 0.1) is 0 Å². The third-order valence-corrected chi connectivity index (χ3v) is 0.612. The maximum absolute atomic E-state index is 9.30. The van der Waals surface area contributed by atoms with Crippen LogP contribution in [0.4, 0.5) is 0 Å². The fourth-order valence-electron chi connectivity index (χ4n) is 0. The quantitative estimate of drug-likeness (QED) is 0.678. The summed E-state index contributed by atoms with van der Waals surface area (Å²) < 4.78 is 0. The summed E-state index contributed by atoms with van der Waals surface area (Å²) in [6.45, 7) is 5.81. The summed E-state index contributed by atoms with van der Waals surface area (Å²) in [7, 11) is 0. The average Bonchev–Trinajstić information content (AvgIpc) is 2.18. The van der Waals surface area contributed by atoms with Crippen LogP contribution in [0.25, 0.3) is 0 Å². The zero-order valence-corrected chi connectivity index (χ0v) is 10.6. The molecule has 0 rings (SSSR count). The first-order valence-corrected chi connectivity index (χ1v) is 4.49. The minimum absolute atomic E-state index is 0. The molecule has 0 aliphatic rings. The van der Waals surface area contributed by atoms with E-state index in [2.05, 4.69) is 0 Å². The van der Waals surface area contributed by atoms with E-state index in [-0.39, 0.29) is 57.1 Å². The van der Waals surface area contributed by atoms with Crippen molar-refractivity contribution in [3.05, 3.63) is 0 Å². The van der Waals surface area contributed by atoms with Crippen LogP contribution >= 0.6 is 0 Å². The molecule has 0 saturated carbocycles. The number of rotatable bonds is 3. The predicted molar refractivity (Wildman–Crippen MR) is 45.5 cm³/mol. The molecule has 13 heavy (non-hydrogen) atoms. The smallest absolute Gasteiger partial charge is 0.854 e. The number of hydrogen-bond donors (Lipinski definition) is 0. The first kappa shape index (κ1) is 23.7. The molecule has 0 aliphatic carbocycles. The third kappa shape index (κ3) is 95.4. The topological polar surface area (TPSA) is 69.2 Å². The summed E-state index contributed by atoms with van der Waals surface area (Å²) in [5.74, 6) is 0. The van der Waals surface area contributed by atoms with Gasteiger partial charge in [0.15, 0.2) is 0 Å². The van der Waals surface area contributed by atoms with Gasteiger partial charge in [0.1, 0.15) is 0 Å². The van der Waals surface area contributed by atoms with Crippen molar-refractivity contribution in [2.24, 2.45) is 0 Å². The molecule has 0 aromatic heterocycles. The van der Waals surface area contributed by atoms with Gasteiger partial charge in [-0.15, -0.1) is 19.8 Å². The Bertz CT molecular complexity index is 30.3. The van der Waals surface area contributed by atoms with E-state index in [0.717, 1.165) is 19.3 Å². The molecule has 0 saturated heterocycles. The second-order valence-corrected chi connectivity index (χ2v) is 2.11. The van der Waals surface area contributed by atoms with Crippen LogP contribution in [0.5, 0.6) is 0 Å². The van der Waals surface area contributed by atoms with Gasteiger partial charge in [-0.25, -0.2) is 0 Å². The molecule has 0 bridgehead atoms. The SMILES string of the molecule is CCC[O-].CCC[O-].CCC[O-].[Er+3]. The van der Waals surface area contributed by atoms with Crippen LogP contribution in [-0.2, 0) is 0 Å². The Kier molecular flexibility index (Phi) is 69.4. The van der Waals surface area contributed by atoms with Gasteiger partial charge in [0, 0.05) is 0 Å². The minimum atomic E-state index is 0. The second kappa shape index (κ2) is 38.0. The van der Waals surface area contributed by atoms with Crippen molar-refractivity contribution < 1.29 is 52.6 Å². The first-order chi connectivity index (χ1) is 5.74. The number of hydrogen-bond acceptors (Lipinski definition) is 3. The second-order valence-electron chi connectivity index (χ2n) is 2.11. The molecule has 3 nitrogen and oxygen atoms in total. The Balaban J connectivity index is -0.0000000450. The molecule has 0 spiro atoms. The van der Waals surface area contributed by atoms with Crippen molar-refractivity contribution in [3.63, 3.8) is 0 Å². The minimum Gasteiger partial charge on any atom is -0.854 e. The van der Waals surface area contributed by atoms with E-state index < -0.39 is 0 Å². The van der Waals surface area contributed by atoms with Crippen LogP contribution in [-0.4, -0.2) is 19.8 Å². The molecule has 87 valence electrons. The van der Waals surface area contributed by atoms with E-state index in [1.807, 2.05) is 20.8 Å². The van der Waals surface area contributed by atoms with Crippen molar-refractivity contribution in [1.82, 2.24) is 0 Å². The molecule has 0 atom stereocenters. The monoisotopic (exact) mass is 343 g/mol. The largest absolute Gasteiger partial charge is 3.00 e. The van der Waals surface area contributed by atoms with Crippen LogP contribution < -0.4 is 15.3 Å². The fourth-order valence-corrected chi connectivity index (χ4v) is 0. The van der Waals surface area contributed by atoms with E-state index in [9.17, 15) is 15.3 Å². The van der Waals surface area contributed by atoms with Gasteiger partial charge in [-0.3, -0.25) is 0 Å². The van der Waals surface area contributed by atoms with Crippen molar-refractivity contribution in [2.45, 2.75) is 40.0 Å². The maximum atomic E-state index is 9.30. The molecule has 0 amide bonds. The standard InChI is InChI=1S/3C3H7O.Er/c3*1-2-3-4;/h3*2-3H2,1H3;/q3*-1;+3. The summed E-state index contributed by atoms with van der Waals surface area (Å²) in [6.07, 6.45) is 2.29. The van der Waals surface area contributed by atoms with E-state index in [1.165, 1.54) is 0 Å². The van der Waals surface area contributed by atoms with Gasteiger partial charge in [0.25, 0.3) is 0 Å². The Labute approximate surface area is 112 Å². The molecule has 0 aromatic carbocycles. The molecular weight excluding hydrogens is 323 g/mol. The predicted octanol–water partition coefficient (Wildman–Crippen LogP) is -0.730. The van der Waals surface area contributed by atoms with Crippen molar-refractivity contribution >= 4 is 0 Å². The van der Waals surface area contributed by atoms with Gasteiger partial charge in [-0.2, -0.15) is 0 Å². The summed E-state index contributed by atoms with van der Waals surface area (Å²) in [4.78, 5) is 0. The van der Waals surface area contributed by atoms with Gasteiger partial charge in [-0.1, -0.05) is 40.0 Å². The van der Waals surface area contributed by atoms with Crippen LogP contribution in [0.3, 0.4) is 0 Å². The Morgan fingerprint density at radius 2 is 0.692 bits per heavy atom. The molecule has 0 fully saturated rings. The molecule has 1 radical (unpaired) electrons. The van der Waals surface area contributed by atoms with Crippen LogP contribution in [0.1, 0.15) is 40.0 Å². The molecule has 0 aromatic rings. The van der Waals surface area contributed by atoms with E-state index >= 15 is 0 Å². The van der Waals surface area contributed by atoms with Crippen molar-refractivity contribution in [1.29, 1.82) is 0 Å². The average molecular weight is 345 g/mol. The molecular formula is C9H21ErO3. The third-order valence-electron chi connectivity index (χ3n) is 0.612. The van der Waals surface area contributed by atoms with E-state index in [0.29, 0.717) is 0 Å². The van der Waals surface area contributed by atoms with Gasteiger partial charge < -0.3 is 15.3 Å². The molecule has 0 N–H and O–H groups in total. The first-order valence-electron chi connectivity index (χ1n) is 4.49. The van der Waals surface area contributed by atoms with Crippen molar-refractivity contribution in [2.75, 3.05) is 19.8 Å². The summed E-state index contributed by atoms with van der Waals surface area (Å²) in [6, 6.07) is 0. The Morgan fingerprint density at radius 1 is 0.615 bits per heavy atom. The van der Waals surface area contributed by atoms with Crippen LogP contribution in [0.2, 0.25) is 0 Å². The van der Waals surface area contributed by atoms with E-state index in [1.54, 1.807) is 0 Å². The fraction of sp³-hybridized carbons (Fsp3) is 1.00. The summed E-state index contributed by atoms with van der Waals surface area (Å²) in [5, 5.41) is 27.9. The van der Waals surface area contributed by atoms with Gasteiger partial charge in [-0.05, 0) is 0 Å². The van der Waals surface area contributed by atoms with Gasteiger partial charge >= 0.3 is 37.3 Å². The zero-order valence-electron chi connectivity index (χ0n) is 8.76. The van der Waals surface area contributed by atoms with Crippen LogP contribution in [0, 0.1) is 37.3 Å². The summed E-state index contributed by atoms with van der Waals surface area (Å²) >= 11 is 0.